The van der Waals surface area contributed by atoms with Gasteiger partial charge < -0.3 is 15.6 Å². The fourth-order valence-electron chi connectivity index (χ4n) is 1.66. The van der Waals surface area contributed by atoms with E-state index in [1.54, 1.807) is 6.20 Å². The fourth-order valence-corrected chi connectivity index (χ4v) is 1.83. The lowest BCUT2D eigenvalue weighted by atomic mass is 10.2. The van der Waals surface area contributed by atoms with E-state index < -0.39 is 5.82 Å². The molecule has 1 heterocycles. The lowest BCUT2D eigenvalue weighted by molar-refractivity contribution is 0.629. The number of nitrogens with two attached hydrogens (primary N) is 1. The van der Waals surface area contributed by atoms with E-state index in [4.69, 9.17) is 17.3 Å². The Morgan fingerprint density at radius 1 is 1.50 bits per heavy atom. The highest BCUT2D eigenvalue weighted by atomic mass is 35.5. The van der Waals surface area contributed by atoms with Gasteiger partial charge in [0.05, 0.1) is 16.4 Å². The first-order valence-electron chi connectivity index (χ1n) is 5.52. The van der Waals surface area contributed by atoms with E-state index >= 15 is 0 Å². The Morgan fingerprint density at radius 3 is 2.94 bits per heavy atom. The molecule has 0 saturated carbocycles. The van der Waals surface area contributed by atoms with Crippen molar-refractivity contribution in [3.8, 4) is 0 Å². The summed E-state index contributed by atoms with van der Waals surface area (Å²) in [6.45, 7) is 0.621. The predicted octanol–water partition coefficient (Wildman–Crippen LogP) is 2.45. The summed E-state index contributed by atoms with van der Waals surface area (Å²) < 4.78 is 15.2. The van der Waals surface area contributed by atoms with Crippen LogP contribution >= 0.6 is 11.6 Å². The van der Waals surface area contributed by atoms with Gasteiger partial charge >= 0.3 is 0 Å². The van der Waals surface area contributed by atoms with Gasteiger partial charge in [0, 0.05) is 38.5 Å². The maximum atomic E-state index is 13.3. The molecule has 0 fully saturated rings. The zero-order valence-electron chi connectivity index (χ0n) is 9.95. The number of nitrogen functional groups attached to an aromatic ring is 1. The van der Waals surface area contributed by atoms with Gasteiger partial charge in [0.25, 0.3) is 0 Å². The van der Waals surface area contributed by atoms with Crippen LogP contribution in [0.3, 0.4) is 0 Å². The number of halogens is 2. The van der Waals surface area contributed by atoms with Crippen molar-refractivity contribution in [1.82, 2.24) is 9.55 Å². The van der Waals surface area contributed by atoms with E-state index in [0.717, 1.165) is 12.2 Å². The lowest BCUT2D eigenvalue weighted by Crippen LogP contribution is -2.10. The summed E-state index contributed by atoms with van der Waals surface area (Å²) in [5, 5.41) is 3.10. The molecule has 1 aromatic carbocycles. The highest BCUT2D eigenvalue weighted by Gasteiger charge is 2.06. The number of aryl methyl sites for hydroxylation is 1. The van der Waals surface area contributed by atoms with Gasteiger partial charge in [-0.05, 0) is 6.07 Å². The molecule has 0 unspecified atom stereocenters. The van der Waals surface area contributed by atoms with E-state index in [0.29, 0.717) is 17.9 Å². The van der Waals surface area contributed by atoms with Crippen molar-refractivity contribution in [2.75, 3.05) is 17.6 Å². The van der Waals surface area contributed by atoms with Crippen molar-refractivity contribution in [3.05, 3.63) is 41.2 Å². The van der Waals surface area contributed by atoms with Crippen molar-refractivity contribution < 1.29 is 4.39 Å². The maximum absolute atomic E-state index is 13.3. The molecule has 0 saturated heterocycles. The van der Waals surface area contributed by atoms with Crippen LogP contribution < -0.4 is 11.1 Å². The first-order chi connectivity index (χ1) is 8.58. The number of rotatable bonds is 4. The zero-order chi connectivity index (χ0) is 13.1. The highest BCUT2D eigenvalue weighted by Crippen LogP contribution is 2.25. The fraction of sp³-hybridized carbons (Fsp3) is 0.250. The van der Waals surface area contributed by atoms with Crippen molar-refractivity contribution >= 4 is 23.0 Å². The van der Waals surface area contributed by atoms with E-state index in [2.05, 4.69) is 10.3 Å². The van der Waals surface area contributed by atoms with Gasteiger partial charge in [-0.15, -0.1) is 0 Å². The molecule has 2 rings (SSSR count). The van der Waals surface area contributed by atoms with Crippen LogP contribution in [0.2, 0.25) is 5.02 Å². The SMILES string of the molecule is Cn1ccnc1CCNc1cc(F)c(Cl)cc1N. The second-order valence-electron chi connectivity index (χ2n) is 3.98. The number of hydrogen-bond donors (Lipinski definition) is 2. The molecule has 0 bridgehead atoms. The standard InChI is InChI=1S/C12H14ClFN4/c1-18-5-4-17-12(18)2-3-16-11-7-9(14)8(13)6-10(11)15/h4-7,16H,2-3,15H2,1H3. The number of nitrogens with one attached hydrogen (secondary N) is 1. The quantitative estimate of drug-likeness (QED) is 0.838. The molecule has 4 nitrogen and oxygen atoms in total. The summed E-state index contributed by atoms with van der Waals surface area (Å²) in [4.78, 5) is 4.20. The third-order valence-electron chi connectivity index (χ3n) is 2.68. The van der Waals surface area contributed by atoms with Crippen LogP contribution in [0.15, 0.2) is 24.5 Å². The first kappa shape index (κ1) is 12.7. The summed E-state index contributed by atoms with van der Waals surface area (Å²) >= 11 is 5.63. The van der Waals surface area contributed by atoms with E-state index in [1.165, 1.54) is 12.1 Å². The minimum atomic E-state index is -0.481. The Labute approximate surface area is 110 Å². The average molecular weight is 269 g/mol. The monoisotopic (exact) mass is 268 g/mol. The van der Waals surface area contributed by atoms with Crippen LogP contribution in [-0.2, 0) is 13.5 Å². The zero-order valence-corrected chi connectivity index (χ0v) is 10.7. The van der Waals surface area contributed by atoms with E-state index in [1.807, 2.05) is 17.8 Å². The number of anilines is 2. The molecular weight excluding hydrogens is 255 g/mol. The molecule has 18 heavy (non-hydrogen) atoms. The topological polar surface area (TPSA) is 55.9 Å². The Bertz CT molecular complexity index is 553. The third-order valence-corrected chi connectivity index (χ3v) is 2.97. The summed E-state index contributed by atoms with van der Waals surface area (Å²) in [5.74, 6) is 0.473. The van der Waals surface area contributed by atoms with E-state index in [-0.39, 0.29) is 5.02 Å². The van der Waals surface area contributed by atoms with Gasteiger partial charge in [0.1, 0.15) is 11.6 Å². The number of imidazole rings is 1. The second kappa shape index (κ2) is 5.27. The van der Waals surface area contributed by atoms with E-state index in [9.17, 15) is 4.39 Å². The summed E-state index contributed by atoms with van der Waals surface area (Å²) in [5.41, 5.74) is 6.72. The molecule has 0 spiro atoms. The molecule has 0 atom stereocenters. The van der Waals surface area contributed by atoms with Crippen molar-refractivity contribution in [2.45, 2.75) is 6.42 Å². The van der Waals surface area contributed by atoms with Gasteiger partial charge in [-0.3, -0.25) is 0 Å². The van der Waals surface area contributed by atoms with Crippen LogP contribution in [0.25, 0.3) is 0 Å². The lowest BCUT2D eigenvalue weighted by Gasteiger charge is -2.10. The van der Waals surface area contributed by atoms with Gasteiger partial charge in [-0.25, -0.2) is 9.37 Å². The first-order valence-corrected chi connectivity index (χ1v) is 5.90. The number of hydrogen-bond acceptors (Lipinski definition) is 3. The maximum Gasteiger partial charge on any atom is 0.143 e. The normalized spacial score (nSPS) is 10.6. The van der Waals surface area contributed by atoms with Crippen LogP contribution in [0.4, 0.5) is 15.8 Å². The Balaban J connectivity index is 1.99. The molecular formula is C12H14ClFN4. The van der Waals surface area contributed by atoms with Crippen LogP contribution in [0.1, 0.15) is 5.82 Å². The van der Waals surface area contributed by atoms with Gasteiger partial charge in [0.2, 0.25) is 0 Å². The predicted molar refractivity (Wildman–Crippen MR) is 71.2 cm³/mol. The van der Waals surface area contributed by atoms with Crippen LogP contribution in [0.5, 0.6) is 0 Å². The van der Waals surface area contributed by atoms with Gasteiger partial charge in [0.15, 0.2) is 0 Å². The number of nitrogens with zero attached hydrogens (tertiary/aromatic N) is 2. The van der Waals surface area contributed by atoms with Crippen LogP contribution in [-0.4, -0.2) is 16.1 Å². The van der Waals surface area contributed by atoms with Crippen molar-refractivity contribution in [1.29, 1.82) is 0 Å². The Kier molecular flexibility index (Phi) is 3.72. The van der Waals surface area contributed by atoms with Gasteiger partial charge in [-0.2, -0.15) is 0 Å². The summed E-state index contributed by atoms with van der Waals surface area (Å²) in [6.07, 6.45) is 4.35. The number of benzene rings is 1. The molecule has 0 radical (unpaired) electrons. The highest BCUT2D eigenvalue weighted by molar-refractivity contribution is 6.31. The minimum Gasteiger partial charge on any atom is -0.397 e. The molecule has 2 aromatic rings. The second-order valence-corrected chi connectivity index (χ2v) is 4.39. The van der Waals surface area contributed by atoms with Crippen LogP contribution in [0, 0.1) is 5.82 Å². The Morgan fingerprint density at radius 2 is 2.28 bits per heavy atom. The van der Waals surface area contributed by atoms with Crippen molar-refractivity contribution in [2.24, 2.45) is 7.05 Å². The molecule has 96 valence electrons. The summed E-state index contributed by atoms with van der Waals surface area (Å²) in [7, 11) is 1.93. The Hall–Kier alpha value is -1.75. The van der Waals surface area contributed by atoms with Crippen molar-refractivity contribution in [3.63, 3.8) is 0 Å². The summed E-state index contributed by atoms with van der Waals surface area (Å²) in [6, 6.07) is 2.70. The molecule has 3 N–H and O–H groups in total. The molecule has 0 aliphatic carbocycles. The van der Waals surface area contributed by atoms with Gasteiger partial charge in [-0.1, -0.05) is 11.6 Å². The molecule has 1 aromatic heterocycles. The largest absolute Gasteiger partial charge is 0.397 e. The molecule has 6 heteroatoms. The average Bonchev–Trinajstić information content (AvgIpc) is 2.72. The molecule has 0 amide bonds. The molecule has 0 aliphatic rings. The minimum absolute atomic E-state index is 0.0298. The third kappa shape index (κ3) is 2.73. The molecule has 0 aliphatic heterocycles. The smallest absolute Gasteiger partial charge is 0.143 e. The number of aromatic nitrogens is 2.